The minimum Gasteiger partial charge on any atom is -0.339 e. The van der Waals surface area contributed by atoms with Crippen molar-refractivity contribution >= 4 is 34.2 Å². The van der Waals surface area contributed by atoms with E-state index in [0.717, 1.165) is 20.9 Å². The standard InChI is InChI=1S/C18H16O6S2/c1-9(19)13-7-11-15(25-13)16-12(8-14(26-16)10(2)20)18(23-5-6-24-18)17(11)21-3-4-22-17/h7-8H,3-6H2,1-2H3. The van der Waals surface area contributed by atoms with Crippen LogP contribution >= 0.6 is 22.7 Å². The van der Waals surface area contributed by atoms with Crippen molar-refractivity contribution in [2.75, 3.05) is 26.4 Å². The van der Waals surface area contributed by atoms with Gasteiger partial charge >= 0.3 is 0 Å². The second kappa shape index (κ2) is 5.54. The highest BCUT2D eigenvalue weighted by molar-refractivity contribution is 7.24. The molecular formula is C18H16O6S2. The Bertz CT molecular complexity index is 851. The third-order valence-electron chi connectivity index (χ3n) is 4.89. The first-order chi connectivity index (χ1) is 12.5. The Balaban J connectivity index is 1.85. The summed E-state index contributed by atoms with van der Waals surface area (Å²) >= 11 is 2.79. The van der Waals surface area contributed by atoms with Crippen LogP contribution in [0, 0.1) is 0 Å². The Morgan fingerprint density at radius 3 is 1.42 bits per heavy atom. The van der Waals surface area contributed by atoms with Crippen LogP contribution in [0.5, 0.6) is 0 Å². The maximum Gasteiger partial charge on any atom is 0.257 e. The van der Waals surface area contributed by atoms with Gasteiger partial charge in [-0.15, -0.1) is 22.7 Å². The van der Waals surface area contributed by atoms with Crippen LogP contribution in [-0.4, -0.2) is 38.0 Å². The molecule has 0 unspecified atom stereocenters. The molecule has 0 atom stereocenters. The van der Waals surface area contributed by atoms with Crippen molar-refractivity contribution in [2.24, 2.45) is 0 Å². The van der Waals surface area contributed by atoms with E-state index in [-0.39, 0.29) is 11.6 Å². The van der Waals surface area contributed by atoms with Gasteiger partial charge in [0.1, 0.15) is 0 Å². The molecule has 0 aromatic carbocycles. The van der Waals surface area contributed by atoms with Crippen molar-refractivity contribution in [2.45, 2.75) is 25.4 Å². The zero-order chi connectivity index (χ0) is 18.1. The molecule has 2 aromatic rings. The average molecular weight is 392 g/mol. The van der Waals surface area contributed by atoms with Crippen LogP contribution in [-0.2, 0) is 30.5 Å². The predicted octanol–water partition coefficient (Wildman–Crippen LogP) is 3.29. The van der Waals surface area contributed by atoms with Crippen LogP contribution < -0.4 is 0 Å². The summed E-state index contributed by atoms with van der Waals surface area (Å²) in [5, 5.41) is 0. The second-order valence-electron chi connectivity index (χ2n) is 6.45. The summed E-state index contributed by atoms with van der Waals surface area (Å²) in [4.78, 5) is 27.0. The van der Waals surface area contributed by atoms with Crippen LogP contribution in [0.25, 0.3) is 9.75 Å². The first-order valence-corrected chi connectivity index (χ1v) is 9.98. The highest BCUT2D eigenvalue weighted by Gasteiger charge is 2.67. The molecule has 0 amide bonds. The SMILES string of the molecule is CC(=O)c1cc2c(s1)-c1sc(C(C)=O)cc1C1(OCCO1)C21OCCO1. The predicted molar refractivity (Wildman–Crippen MR) is 94.8 cm³/mol. The van der Waals surface area contributed by atoms with Gasteiger partial charge in [0.25, 0.3) is 11.6 Å². The number of hydrogen-bond acceptors (Lipinski definition) is 8. The summed E-state index contributed by atoms with van der Waals surface area (Å²) in [5.41, 5.74) is 1.49. The number of hydrogen-bond donors (Lipinski definition) is 0. The van der Waals surface area contributed by atoms with E-state index in [9.17, 15) is 9.59 Å². The summed E-state index contributed by atoms with van der Waals surface area (Å²) in [6.07, 6.45) is 0. The third kappa shape index (κ3) is 1.94. The number of carbonyl (C=O) groups excluding carboxylic acids is 2. The zero-order valence-electron chi connectivity index (χ0n) is 14.2. The smallest absolute Gasteiger partial charge is 0.257 e. The molecule has 136 valence electrons. The first kappa shape index (κ1) is 16.7. The first-order valence-electron chi connectivity index (χ1n) is 8.35. The van der Waals surface area contributed by atoms with Gasteiger partial charge in [-0.05, 0) is 26.0 Å². The van der Waals surface area contributed by atoms with Crippen molar-refractivity contribution in [1.82, 2.24) is 0 Å². The molecule has 3 aliphatic rings. The third-order valence-corrected chi connectivity index (χ3v) is 7.53. The number of thiophene rings is 2. The molecule has 2 spiro atoms. The van der Waals surface area contributed by atoms with Gasteiger partial charge in [0.05, 0.1) is 45.9 Å². The van der Waals surface area contributed by atoms with Crippen LogP contribution in [0.3, 0.4) is 0 Å². The Hall–Kier alpha value is -1.42. The Morgan fingerprint density at radius 2 is 1.12 bits per heavy atom. The minimum absolute atomic E-state index is 0.0234. The highest BCUT2D eigenvalue weighted by atomic mass is 32.1. The van der Waals surface area contributed by atoms with Crippen molar-refractivity contribution in [3.8, 4) is 9.75 Å². The molecule has 1 aliphatic carbocycles. The van der Waals surface area contributed by atoms with Crippen LogP contribution in [0.2, 0.25) is 0 Å². The van der Waals surface area contributed by atoms with Crippen molar-refractivity contribution < 1.29 is 28.5 Å². The van der Waals surface area contributed by atoms with E-state index in [2.05, 4.69) is 0 Å². The lowest BCUT2D eigenvalue weighted by molar-refractivity contribution is -0.365. The van der Waals surface area contributed by atoms with Gasteiger partial charge < -0.3 is 18.9 Å². The normalized spacial score (nSPS) is 21.9. The summed E-state index contributed by atoms with van der Waals surface area (Å²) in [7, 11) is 0. The van der Waals surface area contributed by atoms with Gasteiger partial charge in [-0.3, -0.25) is 9.59 Å². The largest absolute Gasteiger partial charge is 0.339 e. The van der Waals surface area contributed by atoms with Crippen LogP contribution in [0.4, 0.5) is 0 Å². The molecule has 0 saturated carbocycles. The maximum atomic E-state index is 12.0. The number of rotatable bonds is 2. The summed E-state index contributed by atoms with van der Waals surface area (Å²) < 4.78 is 24.4. The molecule has 8 heteroatoms. The zero-order valence-corrected chi connectivity index (χ0v) is 15.9. The summed E-state index contributed by atoms with van der Waals surface area (Å²) in [5.74, 6) is -2.56. The molecule has 0 bridgehead atoms. The summed E-state index contributed by atoms with van der Waals surface area (Å²) in [6, 6.07) is 3.63. The fourth-order valence-electron chi connectivity index (χ4n) is 3.83. The Kier molecular flexibility index (Phi) is 3.57. The molecule has 6 nitrogen and oxygen atoms in total. The van der Waals surface area contributed by atoms with Crippen LogP contribution in [0.15, 0.2) is 12.1 Å². The van der Waals surface area contributed by atoms with Crippen LogP contribution in [0.1, 0.15) is 44.3 Å². The molecule has 5 rings (SSSR count). The maximum absolute atomic E-state index is 12.0. The lowest BCUT2D eigenvalue weighted by atomic mass is 9.84. The Morgan fingerprint density at radius 1 is 0.769 bits per heavy atom. The topological polar surface area (TPSA) is 71.1 Å². The number of carbonyl (C=O) groups is 2. The quantitative estimate of drug-likeness (QED) is 0.731. The minimum atomic E-state index is -1.26. The molecule has 0 N–H and O–H groups in total. The van der Waals surface area contributed by atoms with Gasteiger partial charge in [0.2, 0.25) is 0 Å². The lowest BCUT2D eigenvalue weighted by Crippen LogP contribution is -2.53. The van der Waals surface area contributed by atoms with Gasteiger partial charge in [-0.25, -0.2) is 0 Å². The Labute approximate surface area is 157 Å². The number of ether oxygens (including phenoxy) is 4. The number of ketones is 2. The molecule has 26 heavy (non-hydrogen) atoms. The van der Waals surface area contributed by atoms with Gasteiger partial charge in [-0.2, -0.15) is 0 Å². The summed E-state index contributed by atoms with van der Waals surface area (Å²) in [6.45, 7) is 4.68. The highest BCUT2D eigenvalue weighted by Crippen LogP contribution is 2.62. The molecule has 4 heterocycles. The lowest BCUT2D eigenvalue weighted by Gasteiger charge is -2.44. The molecule has 2 fully saturated rings. The van der Waals surface area contributed by atoms with E-state index >= 15 is 0 Å². The molecule has 0 radical (unpaired) electrons. The van der Waals surface area contributed by atoms with E-state index in [1.54, 1.807) is 0 Å². The van der Waals surface area contributed by atoms with E-state index in [4.69, 9.17) is 18.9 Å². The fourth-order valence-corrected chi connectivity index (χ4v) is 6.17. The fraction of sp³-hybridized carbons (Fsp3) is 0.444. The second-order valence-corrected chi connectivity index (χ2v) is 8.55. The van der Waals surface area contributed by atoms with E-state index in [1.807, 2.05) is 12.1 Å². The monoisotopic (exact) mass is 392 g/mol. The number of fused-ring (bicyclic) bond motifs is 6. The van der Waals surface area contributed by atoms with Crippen molar-refractivity contribution in [3.05, 3.63) is 33.0 Å². The van der Waals surface area contributed by atoms with Gasteiger partial charge in [-0.1, -0.05) is 0 Å². The number of Topliss-reactive ketones (excluding diaryl/α,β-unsaturated/α-hetero) is 2. The average Bonchev–Trinajstić information content (AvgIpc) is 3.36. The molecule has 2 saturated heterocycles. The molecule has 2 aromatic heterocycles. The van der Waals surface area contributed by atoms with Gasteiger partial charge in [0.15, 0.2) is 11.6 Å². The van der Waals surface area contributed by atoms with E-state index in [1.165, 1.54) is 36.5 Å². The van der Waals surface area contributed by atoms with E-state index in [0.29, 0.717) is 36.2 Å². The molecular weight excluding hydrogens is 376 g/mol. The molecule has 2 aliphatic heterocycles. The van der Waals surface area contributed by atoms with Crippen molar-refractivity contribution in [3.63, 3.8) is 0 Å². The van der Waals surface area contributed by atoms with Crippen molar-refractivity contribution in [1.29, 1.82) is 0 Å². The van der Waals surface area contributed by atoms with Gasteiger partial charge in [0, 0.05) is 11.1 Å². The van der Waals surface area contributed by atoms with E-state index < -0.39 is 11.6 Å².